The van der Waals surface area contributed by atoms with Gasteiger partial charge >= 0.3 is 0 Å². The lowest BCUT2D eigenvalue weighted by Crippen LogP contribution is -1.91. The molecule has 0 saturated heterocycles. The maximum Gasteiger partial charge on any atom is 0.287 e. The summed E-state index contributed by atoms with van der Waals surface area (Å²) in [5, 5.41) is 30.8. The van der Waals surface area contributed by atoms with E-state index in [0.29, 0.717) is 16.9 Å². The molecule has 0 aliphatic carbocycles. The number of nitro groups is 2. The Morgan fingerprint density at radius 2 is 1.55 bits per heavy atom. The average Bonchev–Trinajstić information content (AvgIpc) is 2.73. The van der Waals surface area contributed by atoms with Gasteiger partial charge in [0.15, 0.2) is 0 Å². The predicted molar refractivity (Wildman–Crippen MR) is 104 cm³/mol. The maximum absolute atomic E-state index is 10.7. The number of non-ortho nitro benzene ring substituents is 1. The SMILES string of the molecule is N#C/C(=C/c1ccc(Oc2ccc([N+](=O)[O-])cn2)cc1)c1ccc([N+](=O)[O-])cc1. The van der Waals surface area contributed by atoms with Gasteiger partial charge in [0.1, 0.15) is 11.9 Å². The number of nitriles is 1. The number of nitrogens with zero attached hydrogens (tertiary/aromatic N) is 4. The number of ether oxygens (including phenoxy) is 1. The van der Waals surface area contributed by atoms with Crippen LogP contribution in [0.15, 0.2) is 66.9 Å². The molecule has 9 nitrogen and oxygen atoms in total. The molecule has 0 saturated carbocycles. The molecule has 1 heterocycles. The Bertz CT molecular complexity index is 1120. The summed E-state index contributed by atoms with van der Waals surface area (Å²) in [7, 11) is 0. The molecule has 0 amide bonds. The topological polar surface area (TPSA) is 132 Å². The van der Waals surface area contributed by atoms with E-state index < -0.39 is 9.85 Å². The number of hydrogen-bond acceptors (Lipinski definition) is 7. The van der Waals surface area contributed by atoms with E-state index in [1.807, 2.05) is 0 Å². The van der Waals surface area contributed by atoms with Gasteiger partial charge in [0.25, 0.3) is 11.4 Å². The molecule has 3 rings (SSSR count). The van der Waals surface area contributed by atoms with Crippen LogP contribution in [0.2, 0.25) is 0 Å². The monoisotopic (exact) mass is 388 g/mol. The Labute approximate surface area is 164 Å². The van der Waals surface area contributed by atoms with Crippen molar-refractivity contribution < 1.29 is 14.6 Å². The maximum atomic E-state index is 10.7. The smallest absolute Gasteiger partial charge is 0.287 e. The highest BCUT2D eigenvalue weighted by Gasteiger charge is 2.08. The summed E-state index contributed by atoms with van der Waals surface area (Å²) < 4.78 is 5.54. The van der Waals surface area contributed by atoms with E-state index in [-0.39, 0.29) is 17.3 Å². The molecule has 29 heavy (non-hydrogen) atoms. The summed E-state index contributed by atoms with van der Waals surface area (Å²) in [6.07, 6.45) is 2.75. The zero-order valence-electron chi connectivity index (χ0n) is 14.8. The summed E-state index contributed by atoms with van der Waals surface area (Å²) >= 11 is 0. The molecule has 2 aromatic carbocycles. The number of pyridine rings is 1. The fraction of sp³-hybridized carbons (Fsp3) is 0. The Morgan fingerprint density at radius 3 is 2.07 bits per heavy atom. The highest BCUT2D eigenvalue weighted by atomic mass is 16.6. The summed E-state index contributed by atoms with van der Waals surface area (Å²) in [5.41, 5.74) is 1.46. The number of rotatable bonds is 6. The second-order valence-corrected chi connectivity index (χ2v) is 5.76. The first-order valence-corrected chi connectivity index (χ1v) is 8.21. The fourth-order valence-corrected chi connectivity index (χ4v) is 2.40. The normalized spacial score (nSPS) is 10.8. The van der Waals surface area contributed by atoms with Crippen LogP contribution < -0.4 is 4.74 Å². The third kappa shape index (κ3) is 4.78. The molecule has 9 heteroatoms. The first-order valence-electron chi connectivity index (χ1n) is 8.21. The van der Waals surface area contributed by atoms with Crippen molar-refractivity contribution in [1.82, 2.24) is 4.98 Å². The van der Waals surface area contributed by atoms with Gasteiger partial charge in [0, 0.05) is 24.3 Å². The second-order valence-electron chi connectivity index (χ2n) is 5.76. The first kappa shape index (κ1) is 19.2. The summed E-state index contributed by atoms with van der Waals surface area (Å²) in [6, 6.07) is 17.3. The molecular formula is C20H12N4O5. The van der Waals surface area contributed by atoms with Gasteiger partial charge in [-0.3, -0.25) is 20.2 Å². The van der Waals surface area contributed by atoms with Crippen molar-refractivity contribution in [1.29, 1.82) is 5.26 Å². The third-order valence-electron chi connectivity index (χ3n) is 3.85. The first-order chi connectivity index (χ1) is 14.0. The lowest BCUT2D eigenvalue weighted by molar-refractivity contribution is -0.385. The van der Waals surface area contributed by atoms with E-state index in [1.54, 1.807) is 30.3 Å². The van der Waals surface area contributed by atoms with Crippen molar-refractivity contribution in [2.45, 2.75) is 0 Å². The molecule has 0 fully saturated rings. The standard InChI is InChI=1S/C20H12N4O5/c21-12-16(15-3-5-17(6-4-15)23(25)26)11-14-1-8-19(9-2-14)29-20-10-7-18(13-22-20)24(27)28/h1-11,13H/b16-11-. The van der Waals surface area contributed by atoms with Crippen LogP contribution in [0.1, 0.15) is 11.1 Å². The minimum atomic E-state index is -0.546. The molecule has 0 aliphatic heterocycles. The number of allylic oxidation sites excluding steroid dienone is 1. The van der Waals surface area contributed by atoms with Crippen LogP contribution >= 0.6 is 0 Å². The second kappa shape index (κ2) is 8.41. The van der Waals surface area contributed by atoms with E-state index in [2.05, 4.69) is 11.1 Å². The average molecular weight is 388 g/mol. The summed E-state index contributed by atoms with van der Waals surface area (Å²) in [5.74, 6) is 0.680. The van der Waals surface area contributed by atoms with Crippen molar-refractivity contribution in [2.24, 2.45) is 0 Å². The molecule has 0 N–H and O–H groups in total. The number of benzene rings is 2. The van der Waals surface area contributed by atoms with Crippen LogP contribution in [-0.4, -0.2) is 14.8 Å². The molecule has 0 radical (unpaired) electrons. The Kier molecular flexibility index (Phi) is 5.56. The van der Waals surface area contributed by atoms with Crippen molar-refractivity contribution in [3.8, 4) is 17.7 Å². The van der Waals surface area contributed by atoms with Crippen LogP contribution in [0.4, 0.5) is 11.4 Å². The number of aromatic nitrogens is 1. The van der Waals surface area contributed by atoms with Crippen molar-refractivity contribution in [2.75, 3.05) is 0 Å². The highest BCUT2D eigenvalue weighted by Crippen LogP contribution is 2.24. The lowest BCUT2D eigenvalue weighted by Gasteiger charge is -2.05. The predicted octanol–water partition coefficient (Wildman–Crippen LogP) is 4.75. The van der Waals surface area contributed by atoms with Crippen molar-refractivity contribution >= 4 is 23.0 Å². The van der Waals surface area contributed by atoms with Gasteiger partial charge in [-0.05, 0) is 41.5 Å². The van der Waals surface area contributed by atoms with Crippen LogP contribution in [0.3, 0.4) is 0 Å². The van der Waals surface area contributed by atoms with E-state index in [0.717, 1.165) is 11.8 Å². The fourth-order valence-electron chi connectivity index (χ4n) is 2.40. The van der Waals surface area contributed by atoms with Crippen molar-refractivity contribution in [3.63, 3.8) is 0 Å². The molecule has 142 valence electrons. The van der Waals surface area contributed by atoms with Gasteiger partial charge in [-0.15, -0.1) is 0 Å². The molecule has 0 spiro atoms. The molecule has 0 aliphatic rings. The lowest BCUT2D eigenvalue weighted by atomic mass is 10.0. The number of hydrogen-bond donors (Lipinski definition) is 0. The Hall–Kier alpha value is -4.58. The quantitative estimate of drug-likeness (QED) is 0.257. The van der Waals surface area contributed by atoms with E-state index in [1.165, 1.54) is 36.4 Å². The van der Waals surface area contributed by atoms with Crippen LogP contribution in [0.25, 0.3) is 11.6 Å². The van der Waals surface area contributed by atoms with Crippen LogP contribution in [0.5, 0.6) is 11.6 Å². The van der Waals surface area contributed by atoms with Gasteiger partial charge in [-0.1, -0.05) is 12.1 Å². The Balaban J connectivity index is 1.75. The summed E-state index contributed by atoms with van der Waals surface area (Å²) in [6.45, 7) is 0. The largest absolute Gasteiger partial charge is 0.439 e. The number of nitro benzene ring substituents is 1. The van der Waals surface area contributed by atoms with Gasteiger partial charge in [0.05, 0.1) is 21.5 Å². The molecule has 0 bridgehead atoms. The third-order valence-corrected chi connectivity index (χ3v) is 3.85. The van der Waals surface area contributed by atoms with Crippen LogP contribution in [0, 0.1) is 31.6 Å². The molecule has 0 atom stereocenters. The molecule has 3 aromatic rings. The van der Waals surface area contributed by atoms with E-state index >= 15 is 0 Å². The molecule has 1 aromatic heterocycles. The van der Waals surface area contributed by atoms with Crippen molar-refractivity contribution in [3.05, 3.63) is 98.2 Å². The molecule has 0 unspecified atom stereocenters. The summed E-state index contributed by atoms with van der Waals surface area (Å²) in [4.78, 5) is 24.2. The van der Waals surface area contributed by atoms with Gasteiger partial charge in [-0.25, -0.2) is 4.98 Å². The molecular weight excluding hydrogens is 376 g/mol. The minimum absolute atomic E-state index is 0.0487. The van der Waals surface area contributed by atoms with Crippen LogP contribution in [-0.2, 0) is 0 Å². The van der Waals surface area contributed by atoms with Gasteiger partial charge in [0.2, 0.25) is 5.88 Å². The zero-order chi connectivity index (χ0) is 20.8. The van der Waals surface area contributed by atoms with E-state index in [9.17, 15) is 25.5 Å². The minimum Gasteiger partial charge on any atom is -0.439 e. The Morgan fingerprint density at radius 1 is 0.931 bits per heavy atom. The van der Waals surface area contributed by atoms with E-state index in [4.69, 9.17) is 4.74 Å². The zero-order valence-corrected chi connectivity index (χ0v) is 14.8. The van der Waals surface area contributed by atoms with Gasteiger partial charge < -0.3 is 4.74 Å². The van der Waals surface area contributed by atoms with Gasteiger partial charge in [-0.2, -0.15) is 5.26 Å². The highest BCUT2D eigenvalue weighted by molar-refractivity contribution is 5.89.